The van der Waals surface area contributed by atoms with Gasteiger partial charge in [-0.15, -0.1) is 12.4 Å². The van der Waals surface area contributed by atoms with E-state index in [1.807, 2.05) is 6.92 Å². The average Bonchev–Trinajstić information content (AvgIpc) is 1.84. The molecule has 0 spiro atoms. The van der Waals surface area contributed by atoms with Crippen LogP contribution in [-0.2, 0) is 4.79 Å². The molecular weight excluding hydrogens is 188 g/mol. The van der Waals surface area contributed by atoms with Gasteiger partial charge in [-0.05, 0) is 32.6 Å². The van der Waals surface area contributed by atoms with E-state index in [1.54, 1.807) is 0 Å². The van der Waals surface area contributed by atoms with Crippen molar-refractivity contribution in [2.45, 2.75) is 40.0 Å². The molecule has 1 N–H and O–H groups in total. The van der Waals surface area contributed by atoms with Gasteiger partial charge < -0.3 is 5.11 Å². The van der Waals surface area contributed by atoms with Gasteiger partial charge in [0.2, 0.25) is 0 Å². The summed E-state index contributed by atoms with van der Waals surface area (Å²) in [6, 6.07) is 0. The van der Waals surface area contributed by atoms with Crippen molar-refractivity contribution in [1.82, 2.24) is 0 Å². The molecule has 0 aromatic carbocycles. The summed E-state index contributed by atoms with van der Waals surface area (Å²) in [4.78, 5) is 10.3. The molecule has 0 aliphatic heterocycles. The third-order valence-electron chi connectivity index (χ3n) is 1.74. The molecule has 0 heterocycles. The summed E-state index contributed by atoms with van der Waals surface area (Å²) in [5.41, 5.74) is 1.30. The van der Waals surface area contributed by atoms with E-state index in [0.29, 0.717) is 0 Å². The van der Waals surface area contributed by atoms with Gasteiger partial charge in [0.15, 0.2) is 0 Å². The minimum atomic E-state index is -0.695. The van der Waals surface area contributed by atoms with Crippen molar-refractivity contribution in [2.75, 3.05) is 0 Å². The van der Waals surface area contributed by atoms with Crippen molar-refractivity contribution in [3.63, 3.8) is 0 Å². The molecule has 0 bridgehead atoms. The van der Waals surface area contributed by atoms with Crippen LogP contribution in [0.4, 0.5) is 0 Å². The second kappa shape index (κ2) is 8.11. The summed E-state index contributed by atoms with van der Waals surface area (Å²) >= 11 is 0. The minimum absolute atomic E-state index is 0. The molecule has 0 aromatic rings. The quantitative estimate of drug-likeness (QED) is 0.702. The van der Waals surface area contributed by atoms with Gasteiger partial charge in [0.05, 0.1) is 0 Å². The summed E-state index contributed by atoms with van der Waals surface area (Å²) in [6.07, 6.45) is 4.41. The lowest BCUT2D eigenvalue weighted by atomic mass is 10.0. The van der Waals surface area contributed by atoms with E-state index in [2.05, 4.69) is 19.9 Å². The lowest BCUT2D eigenvalue weighted by Gasteiger charge is -2.05. The van der Waals surface area contributed by atoms with Crippen molar-refractivity contribution < 1.29 is 9.90 Å². The van der Waals surface area contributed by atoms with Crippen molar-refractivity contribution in [3.8, 4) is 0 Å². The molecule has 2 nitrogen and oxygen atoms in total. The Balaban J connectivity index is 0. The van der Waals surface area contributed by atoms with Crippen LogP contribution in [0.5, 0.6) is 0 Å². The fourth-order valence-electron chi connectivity index (χ4n) is 1.06. The first kappa shape index (κ1) is 15.0. The zero-order valence-corrected chi connectivity index (χ0v) is 9.36. The van der Waals surface area contributed by atoms with Crippen LogP contribution in [0.25, 0.3) is 0 Å². The van der Waals surface area contributed by atoms with Gasteiger partial charge in [-0.1, -0.05) is 18.6 Å². The number of rotatable bonds is 5. The molecular formula is C10H19ClO2. The molecule has 0 saturated heterocycles. The van der Waals surface area contributed by atoms with Gasteiger partial charge in [-0.25, -0.2) is 0 Å². The molecule has 78 valence electrons. The Labute approximate surface area is 86.4 Å². The maximum Gasteiger partial charge on any atom is 0.303 e. The Kier molecular flexibility index (Phi) is 9.36. The van der Waals surface area contributed by atoms with E-state index >= 15 is 0 Å². The number of halogens is 1. The maximum atomic E-state index is 10.3. The van der Waals surface area contributed by atoms with Gasteiger partial charge in [0.25, 0.3) is 0 Å². The monoisotopic (exact) mass is 206 g/mol. The highest BCUT2D eigenvalue weighted by Crippen LogP contribution is 2.11. The SMILES string of the molecule is CC(C)=CCC[C@H](C)CC(=O)O.Cl. The maximum absolute atomic E-state index is 10.3. The second-order valence-electron chi connectivity index (χ2n) is 3.56. The molecule has 0 unspecified atom stereocenters. The molecule has 0 rings (SSSR count). The van der Waals surface area contributed by atoms with E-state index in [4.69, 9.17) is 5.11 Å². The van der Waals surface area contributed by atoms with Gasteiger partial charge in [0, 0.05) is 6.42 Å². The summed E-state index contributed by atoms with van der Waals surface area (Å²) in [6.45, 7) is 6.09. The van der Waals surface area contributed by atoms with Crippen LogP contribution >= 0.6 is 12.4 Å². The molecule has 0 aliphatic carbocycles. The molecule has 0 amide bonds. The lowest BCUT2D eigenvalue weighted by Crippen LogP contribution is -2.03. The summed E-state index contributed by atoms with van der Waals surface area (Å²) in [7, 11) is 0. The van der Waals surface area contributed by atoms with Crippen LogP contribution in [0, 0.1) is 5.92 Å². The predicted octanol–water partition coefficient (Wildman–Crippen LogP) is 3.27. The molecule has 0 fully saturated rings. The molecule has 13 heavy (non-hydrogen) atoms. The normalized spacial score (nSPS) is 11.3. The summed E-state index contributed by atoms with van der Waals surface area (Å²) in [5.74, 6) is -0.405. The van der Waals surface area contributed by atoms with Crippen LogP contribution in [0.2, 0.25) is 0 Å². The molecule has 0 aliphatic rings. The van der Waals surface area contributed by atoms with Crippen molar-refractivity contribution >= 4 is 18.4 Å². The van der Waals surface area contributed by atoms with Gasteiger partial charge in [-0.3, -0.25) is 4.79 Å². The standard InChI is InChI=1S/C10H18O2.ClH/c1-8(2)5-4-6-9(3)7-10(11)12;/h5,9H,4,6-7H2,1-3H3,(H,11,12);1H/t9-;/m0./s1. The average molecular weight is 207 g/mol. The Morgan fingerprint density at radius 1 is 1.46 bits per heavy atom. The fraction of sp³-hybridized carbons (Fsp3) is 0.700. The highest BCUT2D eigenvalue weighted by molar-refractivity contribution is 5.85. The third-order valence-corrected chi connectivity index (χ3v) is 1.74. The lowest BCUT2D eigenvalue weighted by molar-refractivity contribution is -0.138. The van der Waals surface area contributed by atoms with Gasteiger partial charge in [-0.2, -0.15) is 0 Å². The Morgan fingerprint density at radius 3 is 2.38 bits per heavy atom. The Morgan fingerprint density at radius 2 is 2.00 bits per heavy atom. The van der Waals surface area contributed by atoms with Crippen LogP contribution in [0.1, 0.15) is 40.0 Å². The minimum Gasteiger partial charge on any atom is -0.481 e. The highest BCUT2D eigenvalue weighted by atomic mass is 35.5. The summed E-state index contributed by atoms with van der Waals surface area (Å²) in [5, 5.41) is 8.48. The van der Waals surface area contributed by atoms with Crippen LogP contribution in [0.3, 0.4) is 0 Å². The van der Waals surface area contributed by atoms with E-state index < -0.39 is 5.97 Å². The summed E-state index contributed by atoms with van der Waals surface area (Å²) < 4.78 is 0. The molecule has 0 aromatic heterocycles. The zero-order valence-electron chi connectivity index (χ0n) is 8.54. The number of carboxylic acids is 1. The number of hydrogen-bond donors (Lipinski definition) is 1. The van der Waals surface area contributed by atoms with Crippen LogP contribution < -0.4 is 0 Å². The number of allylic oxidation sites excluding steroid dienone is 2. The van der Waals surface area contributed by atoms with Gasteiger partial charge >= 0.3 is 5.97 Å². The van der Waals surface area contributed by atoms with Crippen molar-refractivity contribution in [2.24, 2.45) is 5.92 Å². The fourth-order valence-corrected chi connectivity index (χ4v) is 1.06. The molecule has 0 radical (unpaired) electrons. The molecule has 1 atom stereocenters. The number of carbonyl (C=O) groups is 1. The predicted molar refractivity (Wildman–Crippen MR) is 57.3 cm³/mol. The van der Waals surface area contributed by atoms with Crippen molar-refractivity contribution in [3.05, 3.63) is 11.6 Å². The zero-order chi connectivity index (χ0) is 9.56. The second-order valence-corrected chi connectivity index (χ2v) is 3.56. The topological polar surface area (TPSA) is 37.3 Å². The first-order chi connectivity index (χ1) is 5.52. The first-order valence-corrected chi connectivity index (χ1v) is 4.37. The number of hydrogen-bond acceptors (Lipinski definition) is 1. The van der Waals surface area contributed by atoms with E-state index in [9.17, 15) is 4.79 Å². The largest absolute Gasteiger partial charge is 0.481 e. The smallest absolute Gasteiger partial charge is 0.303 e. The molecule has 3 heteroatoms. The number of aliphatic carboxylic acids is 1. The van der Waals surface area contributed by atoms with Gasteiger partial charge in [0.1, 0.15) is 0 Å². The Bertz CT molecular complexity index is 172. The first-order valence-electron chi connectivity index (χ1n) is 4.37. The number of carboxylic acid groups (broad SMARTS) is 1. The molecule has 0 saturated carbocycles. The third kappa shape index (κ3) is 11.5. The van der Waals surface area contributed by atoms with E-state index in [-0.39, 0.29) is 24.7 Å². The highest BCUT2D eigenvalue weighted by Gasteiger charge is 2.05. The van der Waals surface area contributed by atoms with Crippen LogP contribution in [-0.4, -0.2) is 11.1 Å². The Hall–Kier alpha value is -0.500. The van der Waals surface area contributed by atoms with E-state index in [1.165, 1.54) is 5.57 Å². The van der Waals surface area contributed by atoms with Crippen molar-refractivity contribution in [1.29, 1.82) is 0 Å². The van der Waals surface area contributed by atoms with E-state index in [0.717, 1.165) is 12.8 Å². The van der Waals surface area contributed by atoms with Crippen LogP contribution in [0.15, 0.2) is 11.6 Å².